The van der Waals surface area contributed by atoms with Gasteiger partial charge in [-0.3, -0.25) is 0 Å². The van der Waals surface area contributed by atoms with E-state index in [1.807, 2.05) is 18.2 Å². The second kappa shape index (κ2) is 4.97. The molecular formula is C12H15N3O. The molecule has 0 aromatic heterocycles. The quantitative estimate of drug-likeness (QED) is 0.769. The Balaban J connectivity index is 2.25. The predicted molar refractivity (Wildman–Crippen MR) is 61.3 cm³/mol. The van der Waals surface area contributed by atoms with Crippen molar-refractivity contribution in [3.63, 3.8) is 0 Å². The molecule has 0 saturated carbocycles. The number of nitrogens with one attached hydrogen (secondary N) is 2. The second-order valence-electron chi connectivity index (χ2n) is 3.78. The minimum atomic E-state index is 0.301. The Morgan fingerprint density at radius 3 is 2.94 bits per heavy atom. The van der Waals surface area contributed by atoms with Crippen LogP contribution in [0.2, 0.25) is 0 Å². The van der Waals surface area contributed by atoms with E-state index in [4.69, 9.17) is 10.00 Å². The molecule has 1 aliphatic heterocycles. The molecule has 1 aliphatic rings. The molecule has 1 saturated heterocycles. The second-order valence-corrected chi connectivity index (χ2v) is 3.78. The SMILES string of the molecule is COc1cc([C@@H]2CNCCN2)ccc1C#N. The maximum atomic E-state index is 8.89. The Morgan fingerprint density at radius 2 is 2.31 bits per heavy atom. The molecule has 2 N–H and O–H groups in total. The fourth-order valence-electron chi connectivity index (χ4n) is 1.91. The molecule has 0 radical (unpaired) electrons. The predicted octanol–water partition coefficient (Wildman–Crippen LogP) is 0.801. The summed E-state index contributed by atoms with van der Waals surface area (Å²) in [6.45, 7) is 2.88. The van der Waals surface area contributed by atoms with Crippen LogP contribution in [0.4, 0.5) is 0 Å². The highest BCUT2D eigenvalue weighted by atomic mass is 16.5. The van der Waals surface area contributed by atoms with E-state index in [9.17, 15) is 0 Å². The van der Waals surface area contributed by atoms with Crippen molar-refractivity contribution >= 4 is 0 Å². The maximum Gasteiger partial charge on any atom is 0.136 e. The summed E-state index contributed by atoms with van der Waals surface area (Å²) in [4.78, 5) is 0. The van der Waals surface area contributed by atoms with Gasteiger partial charge < -0.3 is 15.4 Å². The highest BCUT2D eigenvalue weighted by Crippen LogP contribution is 2.23. The van der Waals surface area contributed by atoms with E-state index in [1.165, 1.54) is 0 Å². The lowest BCUT2D eigenvalue weighted by Crippen LogP contribution is -2.42. The molecule has 1 fully saturated rings. The van der Waals surface area contributed by atoms with Gasteiger partial charge in [-0.15, -0.1) is 0 Å². The minimum Gasteiger partial charge on any atom is -0.495 e. The maximum absolute atomic E-state index is 8.89. The van der Waals surface area contributed by atoms with Gasteiger partial charge in [0.25, 0.3) is 0 Å². The molecule has 2 rings (SSSR count). The molecule has 84 valence electrons. The van der Waals surface area contributed by atoms with Crippen molar-refractivity contribution in [3.05, 3.63) is 29.3 Å². The van der Waals surface area contributed by atoms with Gasteiger partial charge in [0.2, 0.25) is 0 Å². The number of methoxy groups -OCH3 is 1. The lowest BCUT2D eigenvalue weighted by molar-refractivity contribution is 0.406. The van der Waals surface area contributed by atoms with Crippen LogP contribution in [0.15, 0.2) is 18.2 Å². The smallest absolute Gasteiger partial charge is 0.136 e. The first-order valence-corrected chi connectivity index (χ1v) is 5.37. The molecule has 4 heteroatoms. The standard InChI is InChI=1S/C12H15N3O/c1-16-12-6-9(2-3-10(12)7-13)11-8-14-4-5-15-11/h2-3,6,11,14-15H,4-5,8H2,1H3/t11-/m0/s1. The highest BCUT2D eigenvalue weighted by Gasteiger charge is 2.15. The van der Waals surface area contributed by atoms with Gasteiger partial charge in [0, 0.05) is 25.7 Å². The summed E-state index contributed by atoms with van der Waals surface area (Å²) in [6, 6.07) is 8.14. The number of nitriles is 1. The average Bonchev–Trinajstić information content (AvgIpc) is 2.39. The molecule has 0 bridgehead atoms. The monoisotopic (exact) mass is 217 g/mol. The Labute approximate surface area is 95.2 Å². The van der Waals surface area contributed by atoms with Gasteiger partial charge in [-0.1, -0.05) is 6.07 Å². The van der Waals surface area contributed by atoms with E-state index in [0.29, 0.717) is 17.4 Å². The van der Waals surface area contributed by atoms with Crippen LogP contribution in [0.25, 0.3) is 0 Å². The number of hydrogen-bond donors (Lipinski definition) is 2. The van der Waals surface area contributed by atoms with Gasteiger partial charge in [0.05, 0.1) is 12.7 Å². The number of ether oxygens (including phenoxy) is 1. The third kappa shape index (κ3) is 2.16. The van der Waals surface area contributed by atoms with E-state index < -0.39 is 0 Å². The molecule has 1 aromatic rings. The topological polar surface area (TPSA) is 57.1 Å². The zero-order valence-corrected chi connectivity index (χ0v) is 9.29. The van der Waals surface area contributed by atoms with Crippen LogP contribution in [-0.2, 0) is 0 Å². The molecule has 0 spiro atoms. The summed E-state index contributed by atoms with van der Waals surface area (Å²) in [5.41, 5.74) is 1.73. The number of hydrogen-bond acceptors (Lipinski definition) is 4. The van der Waals surface area contributed by atoms with Crippen LogP contribution in [0, 0.1) is 11.3 Å². The van der Waals surface area contributed by atoms with Gasteiger partial charge >= 0.3 is 0 Å². The fourth-order valence-corrected chi connectivity index (χ4v) is 1.91. The first kappa shape index (κ1) is 10.9. The van der Waals surface area contributed by atoms with Crippen LogP contribution >= 0.6 is 0 Å². The number of benzene rings is 1. The zero-order valence-electron chi connectivity index (χ0n) is 9.29. The van der Waals surface area contributed by atoms with Crippen LogP contribution in [0.1, 0.15) is 17.2 Å². The summed E-state index contributed by atoms with van der Waals surface area (Å²) in [6.07, 6.45) is 0. The molecule has 1 aromatic carbocycles. The summed E-state index contributed by atoms with van der Waals surface area (Å²) in [7, 11) is 1.59. The van der Waals surface area contributed by atoms with Crippen molar-refractivity contribution < 1.29 is 4.74 Å². The number of piperazine rings is 1. The third-order valence-corrected chi connectivity index (χ3v) is 2.79. The summed E-state index contributed by atoms with van der Waals surface area (Å²) in [5.74, 6) is 0.646. The number of rotatable bonds is 2. The van der Waals surface area contributed by atoms with Crippen molar-refractivity contribution in [3.8, 4) is 11.8 Å². The lowest BCUT2D eigenvalue weighted by Gasteiger charge is -2.25. The van der Waals surface area contributed by atoms with Gasteiger partial charge in [-0.25, -0.2) is 0 Å². The number of nitrogens with zero attached hydrogens (tertiary/aromatic N) is 1. The first-order valence-electron chi connectivity index (χ1n) is 5.37. The third-order valence-electron chi connectivity index (χ3n) is 2.79. The summed E-state index contributed by atoms with van der Waals surface area (Å²) in [5, 5.41) is 15.6. The minimum absolute atomic E-state index is 0.301. The average molecular weight is 217 g/mol. The van der Waals surface area contributed by atoms with Gasteiger partial charge in [0.1, 0.15) is 11.8 Å². The lowest BCUT2D eigenvalue weighted by atomic mass is 10.0. The van der Waals surface area contributed by atoms with E-state index in [2.05, 4.69) is 16.7 Å². The molecule has 0 aliphatic carbocycles. The van der Waals surface area contributed by atoms with Gasteiger partial charge in [0.15, 0.2) is 0 Å². The molecule has 0 unspecified atom stereocenters. The molecule has 1 atom stereocenters. The normalized spacial score (nSPS) is 20.1. The van der Waals surface area contributed by atoms with Crippen molar-refractivity contribution in [2.45, 2.75) is 6.04 Å². The van der Waals surface area contributed by atoms with E-state index >= 15 is 0 Å². The van der Waals surface area contributed by atoms with Crippen molar-refractivity contribution in [2.75, 3.05) is 26.7 Å². The van der Waals surface area contributed by atoms with E-state index in [1.54, 1.807) is 7.11 Å². The van der Waals surface area contributed by atoms with Crippen LogP contribution in [0.3, 0.4) is 0 Å². The largest absolute Gasteiger partial charge is 0.495 e. The summed E-state index contributed by atoms with van der Waals surface area (Å²) >= 11 is 0. The van der Waals surface area contributed by atoms with E-state index in [-0.39, 0.29) is 0 Å². The Kier molecular flexibility index (Phi) is 3.40. The summed E-state index contributed by atoms with van der Waals surface area (Å²) < 4.78 is 5.20. The van der Waals surface area contributed by atoms with Crippen molar-refractivity contribution in [1.82, 2.24) is 10.6 Å². The van der Waals surface area contributed by atoms with Gasteiger partial charge in [-0.05, 0) is 17.7 Å². The first-order chi connectivity index (χ1) is 7.85. The van der Waals surface area contributed by atoms with Crippen molar-refractivity contribution in [1.29, 1.82) is 5.26 Å². The zero-order chi connectivity index (χ0) is 11.4. The van der Waals surface area contributed by atoms with Crippen LogP contribution in [0.5, 0.6) is 5.75 Å². The Hall–Kier alpha value is -1.57. The fraction of sp³-hybridized carbons (Fsp3) is 0.417. The molecule has 16 heavy (non-hydrogen) atoms. The molecule has 4 nitrogen and oxygen atoms in total. The van der Waals surface area contributed by atoms with Crippen molar-refractivity contribution in [2.24, 2.45) is 0 Å². The van der Waals surface area contributed by atoms with E-state index in [0.717, 1.165) is 25.2 Å². The van der Waals surface area contributed by atoms with Crippen LogP contribution < -0.4 is 15.4 Å². The van der Waals surface area contributed by atoms with Crippen LogP contribution in [-0.4, -0.2) is 26.7 Å². The Bertz CT molecular complexity index is 405. The van der Waals surface area contributed by atoms with Gasteiger partial charge in [-0.2, -0.15) is 5.26 Å². The molecular weight excluding hydrogens is 202 g/mol. The molecule has 0 amide bonds. The Morgan fingerprint density at radius 1 is 1.44 bits per heavy atom. The molecule has 1 heterocycles. The highest BCUT2D eigenvalue weighted by molar-refractivity contribution is 5.46.